The number of nitrogens with one attached hydrogen (secondary N) is 1. The number of carbonyl (C=O) groups excluding carboxylic acids is 1. The first-order chi connectivity index (χ1) is 11.8. The number of likely N-dealkylation sites (tertiary alicyclic amines) is 1. The SMILES string of the molecule is COc1ccc([C@H](CNC(=O)c2ccno2)N2CCCCC2)cc1. The van der Waals surface area contributed by atoms with E-state index in [4.69, 9.17) is 9.26 Å². The van der Waals surface area contributed by atoms with Gasteiger partial charge in [0.05, 0.1) is 19.3 Å². The number of ether oxygens (including phenoxy) is 1. The van der Waals surface area contributed by atoms with E-state index in [2.05, 4.69) is 27.5 Å². The Balaban J connectivity index is 1.72. The second-order valence-corrected chi connectivity index (χ2v) is 5.97. The van der Waals surface area contributed by atoms with E-state index in [9.17, 15) is 4.79 Å². The molecule has 0 unspecified atom stereocenters. The molecular weight excluding hydrogens is 306 g/mol. The average molecular weight is 329 g/mol. The lowest BCUT2D eigenvalue weighted by molar-refractivity contribution is 0.0888. The van der Waals surface area contributed by atoms with Crippen molar-refractivity contribution in [2.75, 3.05) is 26.7 Å². The summed E-state index contributed by atoms with van der Waals surface area (Å²) < 4.78 is 10.2. The van der Waals surface area contributed by atoms with Crippen molar-refractivity contribution in [1.29, 1.82) is 0 Å². The normalized spacial score (nSPS) is 16.5. The number of amides is 1. The summed E-state index contributed by atoms with van der Waals surface area (Å²) in [7, 11) is 1.66. The molecule has 0 spiro atoms. The fourth-order valence-corrected chi connectivity index (χ4v) is 3.12. The first-order valence-electron chi connectivity index (χ1n) is 8.35. The maximum absolute atomic E-state index is 12.1. The highest BCUT2D eigenvalue weighted by Gasteiger charge is 2.23. The third-order valence-corrected chi connectivity index (χ3v) is 4.45. The minimum absolute atomic E-state index is 0.142. The van der Waals surface area contributed by atoms with Crippen molar-refractivity contribution < 1.29 is 14.1 Å². The monoisotopic (exact) mass is 329 g/mol. The molecule has 1 aromatic heterocycles. The number of methoxy groups -OCH3 is 1. The molecule has 1 saturated heterocycles. The zero-order valence-electron chi connectivity index (χ0n) is 13.9. The zero-order valence-corrected chi connectivity index (χ0v) is 13.9. The number of aromatic nitrogens is 1. The Bertz CT molecular complexity index is 634. The van der Waals surface area contributed by atoms with Gasteiger partial charge in [0.25, 0.3) is 5.91 Å². The lowest BCUT2D eigenvalue weighted by Crippen LogP contribution is -2.40. The van der Waals surface area contributed by atoms with Gasteiger partial charge in [-0.3, -0.25) is 9.69 Å². The topological polar surface area (TPSA) is 67.6 Å². The van der Waals surface area contributed by atoms with Crippen LogP contribution in [0.1, 0.15) is 41.4 Å². The average Bonchev–Trinajstić information content (AvgIpc) is 3.18. The molecule has 24 heavy (non-hydrogen) atoms. The minimum Gasteiger partial charge on any atom is -0.497 e. The van der Waals surface area contributed by atoms with Gasteiger partial charge in [0.2, 0.25) is 5.76 Å². The maximum atomic E-state index is 12.1. The highest BCUT2D eigenvalue weighted by molar-refractivity contribution is 5.91. The Morgan fingerprint density at radius 3 is 2.62 bits per heavy atom. The quantitative estimate of drug-likeness (QED) is 0.882. The van der Waals surface area contributed by atoms with Crippen molar-refractivity contribution in [2.45, 2.75) is 25.3 Å². The largest absolute Gasteiger partial charge is 0.497 e. The molecule has 1 N–H and O–H groups in total. The van der Waals surface area contributed by atoms with Gasteiger partial charge in [-0.25, -0.2) is 0 Å². The molecular formula is C18H23N3O3. The molecule has 1 aromatic carbocycles. The smallest absolute Gasteiger partial charge is 0.289 e. The van der Waals surface area contributed by atoms with Gasteiger partial charge < -0.3 is 14.6 Å². The summed E-state index contributed by atoms with van der Waals surface area (Å²) in [6, 6.07) is 9.77. The van der Waals surface area contributed by atoms with Crippen molar-refractivity contribution in [3.05, 3.63) is 47.9 Å². The van der Waals surface area contributed by atoms with Crippen LogP contribution in [0, 0.1) is 0 Å². The second-order valence-electron chi connectivity index (χ2n) is 5.97. The Morgan fingerprint density at radius 1 is 1.25 bits per heavy atom. The van der Waals surface area contributed by atoms with E-state index in [1.54, 1.807) is 13.2 Å². The van der Waals surface area contributed by atoms with Crippen LogP contribution >= 0.6 is 0 Å². The molecule has 3 rings (SSSR count). The highest BCUT2D eigenvalue weighted by Crippen LogP contribution is 2.26. The number of piperidine rings is 1. The minimum atomic E-state index is -0.233. The van der Waals surface area contributed by atoms with E-state index in [1.165, 1.54) is 31.0 Å². The summed E-state index contributed by atoms with van der Waals surface area (Å²) in [5, 5.41) is 6.54. The molecule has 0 radical (unpaired) electrons. The van der Waals surface area contributed by atoms with Gasteiger partial charge >= 0.3 is 0 Å². The molecule has 1 amide bonds. The maximum Gasteiger partial charge on any atom is 0.289 e. The number of benzene rings is 1. The molecule has 1 fully saturated rings. The molecule has 0 bridgehead atoms. The molecule has 0 saturated carbocycles. The Hall–Kier alpha value is -2.34. The van der Waals surface area contributed by atoms with E-state index in [0.717, 1.165) is 18.8 Å². The van der Waals surface area contributed by atoms with E-state index >= 15 is 0 Å². The van der Waals surface area contributed by atoms with Crippen molar-refractivity contribution in [3.8, 4) is 5.75 Å². The second kappa shape index (κ2) is 7.97. The van der Waals surface area contributed by atoms with Crippen molar-refractivity contribution in [2.24, 2.45) is 0 Å². The molecule has 1 atom stereocenters. The van der Waals surface area contributed by atoms with Crippen LogP contribution in [0.4, 0.5) is 0 Å². The summed E-state index contributed by atoms with van der Waals surface area (Å²) >= 11 is 0. The van der Waals surface area contributed by atoms with Gasteiger partial charge in [-0.15, -0.1) is 0 Å². The van der Waals surface area contributed by atoms with Crippen LogP contribution in [0.3, 0.4) is 0 Å². The number of nitrogens with zero attached hydrogens (tertiary/aromatic N) is 2. The summed E-state index contributed by atoms with van der Waals surface area (Å²) in [5.74, 6) is 0.840. The van der Waals surface area contributed by atoms with E-state index in [-0.39, 0.29) is 17.7 Å². The predicted molar refractivity (Wildman–Crippen MR) is 90.0 cm³/mol. The zero-order chi connectivity index (χ0) is 16.8. The van der Waals surface area contributed by atoms with Crippen LogP contribution in [0.15, 0.2) is 41.1 Å². The highest BCUT2D eigenvalue weighted by atomic mass is 16.5. The Kier molecular flexibility index (Phi) is 5.48. The summed E-state index contributed by atoms with van der Waals surface area (Å²) in [6.07, 6.45) is 5.14. The number of hydrogen-bond donors (Lipinski definition) is 1. The van der Waals surface area contributed by atoms with Crippen molar-refractivity contribution in [3.63, 3.8) is 0 Å². The van der Waals surface area contributed by atoms with Crippen LogP contribution in [-0.2, 0) is 0 Å². The van der Waals surface area contributed by atoms with E-state index in [1.807, 2.05) is 12.1 Å². The molecule has 2 aromatic rings. The van der Waals surface area contributed by atoms with Crippen LogP contribution < -0.4 is 10.1 Å². The van der Waals surface area contributed by atoms with Gasteiger partial charge in [-0.1, -0.05) is 23.7 Å². The summed E-state index contributed by atoms with van der Waals surface area (Å²) in [4.78, 5) is 14.6. The third kappa shape index (κ3) is 3.94. The molecule has 6 heteroatoms. The van der Waals surface area contributed by atoms with Gasteiger partial charge in [-0.2, -0.15) is 0 Å². The van der Waals surface area contributed by atoms with Gasteiger partial charge in [0.15, 0.2) is 0 Å². The number of hydrogen-bond acceptors (Lipinski definition) is 5. The molecule has 0 aliphatic carbocycles. The summed E-state index contributed by atoms with van der Waals surface area (Å²) in [6.45, 7) is 2.63. The third-order valence-electron chi connectivity index (χ3n) is 4.45. The van der Waals surface area contributed by atoms with Crippen LogP contribution in [0.2, 0.25) is 0 Å². The van der Waals surface area contributed by atoms with Gasteiger partial charge in [0.1, 0.15) is 5.75 Å². The molecule has 6 nitrogen and oxygen atoms in total. The fraction of sp³-hybridized carbons (Fsp3) is 0.444. The Labute approximate surface area is 141 Å². The lowest BCUT2D eigenvalue weighted by Gasteiger charge is -2.35. The van der Waals surface area contributed by atoms with Crippen molar-refractivity contribution >= 4 is 5.91 Å². The molecule has 1 aliphatic heterocycles. The Morgan fingerprint density at radius 2 is 2.00 bits per heavy atom. The molecule has 1 aliphatic rings. The molecule has 128 valence electrons. The first kappa shape index (κ1) is 16.5. The number of rotatable bonds is 6. The van der Waals surface area contributed by atoms with Crippen LogP contribution in [-0.4, -0.2) is 42.7 Å². The van der Waals surface area contributed by atoms with E-state index < -0.39 is 0 Å². The van der Waals surface area contributed by atoms with Crippen LogP contribution in [0.25, 0.3) is 0 Å². The predicted octanol–water partition coefficient (Wildman–Crippen LogP) is 2.64. The fourth-order valence-electron chi connectivity index (χ4n) is 3.12. The molecule has 2 heterocycles. The standard InChI is InChI=1S/C18H23N3O3/c1-23-15-7-5-14(6-8-15)16(21-11-3-2-4-12-21)13-19-18(22)17-9-10-20-24-17/h5-10,16H,2-4,11-13H2,1H3,(H,19,22)/t16-/m0/s1. The van der Waals surface area contributed by atoms with Crippen LogP contribution in [0.5, 0.6) is 5.75 Å². The summed E-state index contributed by atoms with van der Waals surface area (Å²) in [5.41, 5.74) is 1.18. The van der Waals surface area contributed by atoms with E-state index in [0.29, 0.717) is 6.54 Å². The van der Waals surface area contributed by atoms with Crippen molar-refractivity contribution in [1.82, 2.24) is 15.4 Å². The number of carbonyl (C=O) groups is 1. The van der Waals surface area contributed by atoms with Gasteiger partial charge in [-0.05, 0) is 43.6 Å². The van der Waals surface area contributed by atoms with Gasteiger partial charge in [0, 0.05) is 12.6 Å². The first-order valence-corrected chi connectivity index (χ1v) is 8.35. The lowest BCUT2D eigenvalue weighted by atomic mass is 10.0.